The van der Waals surface area contributed by atoms with Crippen LogP contribution < -0.4 is 0 Å². The third-order valence-corrected chi connectivity index (χ3v) is 4.05. The Labute approximate surface area is 138 Å². The second-order valence-electron chi connectivity index (χ2n) is 5.77. The van der Waals surface area contributed by atoms with Gasteiger partial charge in [0.2, 0.25) is 0 Å². The number of nitrogens with one attached hydrogen (secondary N) is 1. The minimum atomic E-state index is -0.106. The van der Waals surface area contributed by atoms with Crippen molar-refractivity contribution in [2.45, 2.75) is 19.9 Å². The highest BCUT2D eigenvalue weighted by molar-refractivity contribution is 5.92. The van der Waals surface area contributed by atoms with Gasteiger partial charge in [0.05, 0.1) is 29.8 Å². The van der Waals surface area contributed by atoms with Crippen LogP contribution in [0.15, 0.2) is 36.9 Å². The van der Waals surface area contributed by atoms with Crippen LogP contribution in [0.2, 0.25) is 0 Å². The Morgan fingerprint density at radius 3 is 2.92 bits per heavy atom. The first kappa shape index (κ1) is 14.5. The lowest BCUT2D eigenvalue weighted by Crippen LogP contribution is -2.36. The average molecular weight is 320 g/mol. The lowest BCUT2D eigenvalue weighted by Gasteiger charge is -2.25. The van der Waals surface area contributed by atoms with Gasteiger partial charge in [-0.05, 0) is 19.1 Å². The lowest BCUT2D eigenvalue weighted by molar-refractivity contribution is 0.0725. The molecule has 0 saturated carbocycles. The fourth-order valence-electron chi connectivity index (χ4n) is 2.77. The molecule has 0 radical (unpaired) electrons. The van der Waals surface area contributed by atoms with Crippen molar-refractivity contribution in [2.24, 2.45) is 0 Å². The van der Waals surface area contributed by atoms with Crippen molar-refractivity contribution in [1.82, 2.24) is 29.8 Å². The van der Waals surface area contributed by atoms with E-state index in [0.717, 1.165) is 34.9 Å². The molecule has 120 valence electrons. The number of imidazole rings is 1. The molecule has 3 aromatic rings. The molecule has 1 amide bonds. The van der Waals surface area contributed by atoms with E-state index in [4.69, 9.17) is 0 Å². The Morgan fingerprint density at radius 2 is 2.17 bits per heavy atom. The number of hydrogen-bond acceptors (Lipinski definition) is 5. The molecule has 7 nitrogen and oxygen atoms in total. The van der Waals surface area contributed by atoms with Crippen molar-refractivity contribution < 1.29 is 4.79 Å². The first-order valence-corrected chi connectivity index (χ1v) is 7.77. The normalized spacial score (nSPS) is 13.6. The molecule has 4 heterocycles. The summed E-state index contributed by atoms with van der Waals surface area (Å²) in [6.07, 6.45) is 7.36. The molecular formula is C17H16N6O. The van der Waals surface area contributed by atoms with E-state index in [0.29, 0.717) is 18.8 Å². The Balaban J connectivity index is 1.56. The van der Waals surface area contributed by atoms with Crippen molar-refractivity contribution >= 4 is 5.91 Å². The highest BCUT2D eigenvalue weighted by Crippen LogP contribution is 2.22. The van der Waals surface area contributed by atoms with E-state index >= 15 is 0 Å². The maximum atomic E-state index is 12.6. The van der Waals surface area contributed by atoms with E-state index < -0.39 is 0 Å². The second kappa shape index (κ2) is 5.84. The van der Waals surface area contributed by atoms with Crippen LogP contribution in [0.1, 0.15) is 27.6 Å². The molecule has 0 fully saturated rings. The Bertz CT molecular complexity index is 872. The molecule has 4 rings (SSSR count). The molecule has 1 aliphatic rings. The number of fused-ring (bicyclic) bond motifs is 1. The predicted octanol–water partition coefficient (Wildman–Crippen LogP) is 1.77. The molecule has 0 atom stereocenters. The van der Waals surface area contributed by atoms with Crippen LogP contribution in [0.5, 0.6) is 0 Å². The van der Waals surface area contributed by atoms with E-state index in [1.54, 1.807) is 23.5 Å². The summed E-state index contributed by atoms with van der Waals surface area (Å²) in [5, 5.41) is 0. The summed E-state index contributed by atoms with van der Waals surface area (Å²) in [5.74, 6) is 0.684. The summed E-state index contributed by atoms with van der Waals surface area (Å²) in [5.41, 5.74) is 4.08. The zero-order chi connectivity index (χ0) is 16.5. The zero-order valence-corrected chi connectivity index (χ0v) is 13.2. The molecule has 0 aliphatic carbocycles. The largest absolute Gasteiger partial charge is 0.340 e. The monoisotopic (exact) mass is 320 g/mol. The van der Waals surface area contributed by atoms with Crippen LogP contribution in [0.25, 0.3) is 11.4 Å². The summed E-state index contributed by atoms with van der Waals surface area (Å²) in [7, 11) is 0. The van der Waals surface area contributed by atoms with Gasteiger partial charge in [0.1, 0.15) is 11.5 Å². The summed E-state index contributed by atoms with van der Waals surface area (Å²) in [6.45, 7) is 2.97. The molecule has 7 heteroatoms. The smallest absolute Gasteiger partial charge is 0.274 e. The number of aromatic nitrogens is 5. The van der Waals surface area contributed by atoms with Crippen molar-refractivity contribution in [3.63, 3.8) is 0 Å². The van der Waals surface area contributed by atoms with Gasteiger partial charge in [-0.25, -0.2) is 9.97 Å². The molecule has 0 spiro atoms. The first-order valence-electron chi connectivity index (χ1n) is 7.77. The molecular weight excluding hydrogens is 304 g/mol. The number of pyridine rings is 1. The van der Waals surface area contributed by atoms with Crippen LogP contribution >= 0.6 is 0 Å². The number of amides is 1. The molecule has 3 aromatic heterocycles. The Hall–Kier alpha value is -3.09. The second-order valence-corrected chi connectivity index (χ2v) is 5.77. The SMILES string of the molecule is Cc1cnc(C(=O)N2CCc3nc(-c4cccnc4)[nH]c3C2)cn1. The van der Waals surface area contributed by atoms with Gasteiger partial charge in [-0.2, -0.15) is 0 Å². The van der Waals surface area contributed by atoms with Gasteiger partial charge >= 0.3 is 0 Å². The van der Waals surface area contributed by atoms with Gasteiger partial charge in [0.15, 0.2) is 0 Å². The van der Waals surface area contributed by atoms with Crippen molar-refractivity contribution in [2.75, 3.05) is 6.54 Å². The predicted molar refractivity (Wildman–Crippen MR) is 87.0 cm³/mol. The van der Waals surface area contributed by atoms with Crippen LogP contribution in [0, 0.1) is 6.92 Å². The molecule has 1 N–H and O–H groups in total. The van der Waals surface area contributed by atoms with E-state index in [2.05, 4.69) is 24.9 Å². The molecule has 0 bridgehead atoms. The van der Waals surface area contributed by atoms with Gasteiger partial charge in [-0.3, -0.25) is 14.8 Å². The van der Waals surface area contributed by atoms with Gasteiger partial charge < -0.3 is 9.88 Å². The number of aromatic amines is 1. The average Bonchev–Trinajstić information content (AvgIpc) is 3.06. The standard InChI is InChI=1S/C17H16N6O/c1-11-7-20-14(9-19-11)17(24)23-6-4-13-15(10-23)22-16(21-13)12-3-2-5-18-8-12/h2-3,5,7-9H,4,6,10H2,1H3,(H,21,22). The van der Waals surface area contributed by atoms with Crippen molar-refractivity contribution in [3.8, 4) is 11.4 Å². The van der Waals surface area contributed by atoms with E-state index in [-0.39, 0.29) is 5.91 Å². The maximum Gasteiger partial charge on any atom is 0.274 e. The number of rotatable bonds is 2. The zero-order valence-electron chi connectivity index (χ0n) is 13.2. The van der Waals surface area contributed by atoms with Crippen LogP contribution in [-0.4, -0.2) is 42.3 Å². The Morgan fingerprint density at radius 1 is 1.25 bits per heavy atom. The van der Waals surface area contributed by atoms with Crippen molar-refractivity contribution in [1.29, 1.82) is 0 Å². The summed E-state index contributed by atoms with van der Waals surface area (Å²) < 4.78 is 0. The topological polar surface area (TPSA) is 87.7 Å². The molecule has 0 unspecified atom stereocenters. The fourth-order valence-corrected chi connectivity index (χ4v) is 2.77. The number of nitrogens with zero attached hydrogens (tertiary/aromatic N) is 5. The van der Waals surface area contributed by atoms with E-state index in [9.17, 15) is 4.79 Å². The van der Waals surface area contributed by atoms with Gasteiger partial charge in [-0.1, -0.05) is 0 Å². The Kier molecular flexibility index (Phi) is 3.53. The van der Waals surface area contributed by atoms with Gasteiger partial charge in [0, 0.05) is 37.1 Å². The maximum absolute atomic E-state index is 12.6. The van der Waals surface area contributed by atoms with E-state index in [1.165, 1.54) is 6.20 Å². The molecule has 24 heavy (non-hydrogen) atoms. The highest BCUT2D eigenvalue weighted by Gasteiger charge is 2.25. The minimum absolute atomic E-state index is 0.106. The highest BCUT2D eigenvalue weighted by atomic mass is 16.2. The van der Waals surface area contributed by atoms with Crippen LogP contribution in [0.3, 0.4) is 0 Å². The minimum Gasteiger partial charge on any atom is -0.340 e. The summed E-state index contributed by atoms with van der Waals surface area (Å²) in [6, 6.07) is 3.84. The summed E-state index contributed by atoms with van der Waals surface area (Å²) >= 11 is 0. The molecule has 0 aromatic carbocycles. The lowest BCUT2D eigenvalue weighted by atomic mass is 10.1. The third kappa shape index (κ3) is 2.64. The third-order valence-electron chi connectivity index (χ3n) is 4.05. The van der Waals surface area contributed by atoms with Gasteiger partial charge in [-0.15, -0.1) is 0 Å². The first-order chi connectivity index (χ1) is 11.7. The number of carbonyl (C=O) groups is 1. The number of aryl methyl sites for hydroxylation is 1. The number of carbonyl (C=O) groups excluding carboxylic acids is 1. The number of H-pyrrole nitrogens is 1. The quantitative estimate of drug-likeness (QED) is 0.777. The van der Waals surface area contributed by atoms with Gasteiger partial charge in [0.25, 0.3) is 5.91 Å². The molecule has 1 aliphatic heterocycles. The molecule has 0 saturated heterocycles. The van der Waals surface area contributed by atoms with Crippen molar-refractivity contribution in [3.05, 3.63) is 59.7 Å². The number of hydrogen-bond donors (Lipinski definition) is 1. The fraction of sp³-hybridized carbons (Fsp3) is 0.235. The van der Waals surface area contributed by atoms with E-state index in [1.807, 2.05) is 19.1 Å². The van der Waals surface area contributed by atoms with Crippen LogP contribution in [0.4, 0.5) is 0 Å². The van der Waals surface area contributed by atoms with Crippen LogP contribution in [-0.2, 0) is 13.0 Å². The summed E-state index contributed by atoms with van der Waals surface area (Å²) in [4.78, 5) is 34.7.